The van der Waals surface area contributed by atoms with Crippen molar-refractivity contribution in [3.8, 4) is 5.75 Å². The molecule has 0 unspecified atom stereocenters. The molecule has 1 aromatic carbocycles. The molecule has 1 nitrogen and oxygen atoms in total. The van der Waals surface area contributed by atoms with Crippen molar-refractivity contribution in [2.45, 2.75) is 12.8 Å². The molecule has 0 atom stereocenters. The Kier molecular flexibility index (Phi) is 4.53. The number of phenolic OH excluding ortho intramolecular Hbond substituents is 1. The first-order valence-corrected chi connectivity index (χ1v) is 5.56. The third-order valence-corrected chi connectivity index (χ3v) is 2.29. The lowest BCUT2D eigenvalue weighted by Gasteiger charge is -1.98. The predicted octanol–water partition coefficient (Wildman–Crippen LogP) is 3.96. The second-order valence-corrected chi connectivity index (χ2v) is 5.48. The molecule has 1 aromatic rings. The summed E-state index contributed by atoms with van der Waals surface area (Å²) in [6.07, 6.45) is 3.94. The molecular weight excluding hydrogens is 296 g/mol. The molecule has 0 amide bonds. The molecule has 0 bridgehead atoms. The Morgan fingerprint density at radius 2 is 2.15 bits per heavy atom. The summed E-state index contributed by atoms with van der Waals surface area (Å²) >= 11 is 6.58. The van der Waals surface area contributed by atoms with Gasteiger partial charge < -0.3 is 5.11 Å². The molecule has 0 aliphatic rings. The van der Waals surface area contributed by atoms with E-state index in [9.17, 15) is 5.11 Å². The molecule has 0 aliphatic carbocycles. The fourth-order valence-electron chi connectivity index (χ4n) is 1.06. The minimum atomic E-state index is 0.333. The van der Waals surface area contributed by atoms with Gasteiger partial charge in [0, 0.05) is 0 Å². The number of allylic oxidation sites excluding steroid dienone is 1. The lowest BCUT2D eigenvalue weighted by molar-refractivity contribution is 0.474. The molecule has 1 rings (SSSR count). The van der Waals surface area contributed by atoms with Crippen molar-refractivity contribution in [3.05, 3.63) is 39.3 Å². The third-order valence-electron chi connectivity index (χ3n) is 1.64. The summed E-state index contributed by atoms with van der Waals surface area (Å²) in [7, 11) is 0. The molecule has 3 heteroatoms. The standard InChI is InChI=1S/C10H10Br2O/c11-10(12)6-2-4-8-3-1-5-9(13)7-8/h1,3,5-7,13H,2,4H2. The van der Waals surface area contributed by atoms with Gasteiger partial charge in [0.05, 0.1) is 3.39 Å². The van der Waals surface area contributed by atoms with Gasteiger partial charge in [0.1, 0.15) is 5.75 Å². The Balaban J connectivity index is 2.50. The fraction of sp³-hybridized carbons (Fsp3) is 0.200. The molecule has 0 saturated heterocycles. The predicted molar refractivity (Wildman–Crippen MR) is 62.4 cm³/mol. The minimum Gasteiger partial charge on any atom is -0.508 e. The van der Waals surface area contributed by atoms with E-state index < -0.39 is 0 Å². The van der Waals surface area contributed by atoms with Crippen LogP contribution in [0.4, 0.5) is 0 Å². The number of aryl methyl sites for hydroxylation is 1. The molecule has 0 fully saturated rings. The van der Waals surface area contributed by atoms with E-state index in [0.717, 1.165) is 21.8 Å². The van der Waals surface area contributed by atoms with Crippen LogP contribution in [-0.4, -0.2) is 5.11 Å². The van der Waals surface area contributed by atoms with Gasteiger partial charge in [0.15, 0.2) is 0 Å². The van der Waals surface area contributed by atoms with Crippen molar-refractivity contribution >= 4 is 31.9 Å². The van der Waals surface area contributed by atoms with E-state index in [1.54, 1.807) is 12.1 Å². The lowest BCUT2D eigenvalue weighted by atomic mass is 10.1. The highest BCUT2D eigenvalue weighted by Gasteiger charge is 1.93. The van der Waals surface area contributed by atoms with Gasteiger partial charge in [-0.1, -0.05) is 18.2 Å². The maximum atomic E-state index is 9.19. The second kappa shape index (κ2) is 5.45. The fourth-order valence-corrected chi connectivity index (χ4v) is 1.52. The van der Waals surface area contributed by atoms with Crippen LogP contribution < -0.4 is 0 Å². The molecule has 0 radical (unpaired) electrons. The first kappa shape index (κ1) is 10.8. The normalized spacial score (nSPS) is 9.69. The molecule has 70 valence electrons. The topological polar surface area (TPSA) is 20.2 Å². The lowest BCUT2D eigenvalue weighted by Crippen LogP contribution is -1.81. The van der Waals surface area contributed by atoms with Gasteiger partial charge in [-0.05, 0) is 62.4 Å². The van der Waals surface area contributed by atoms with Crippen LogP contribution in [-0.2, 0) is 6.42 Å². The Morgan fingerprint density at radius 3 is 2.77 bits per heavy atom. The summed E-state index contributed by atoms with van der Waals surface area (Å²) in [6.45, 7) is 0. The van der Waals surface area contributed by atoms with Gasteiger partial charge in [0.25, 0.3) is 0 Å². The highest BCUT2D eigenvalue weighted by molar-refractivity contribution is 9.28. The quantitative estimate of drug-likeness (QED) is 0.896. The van der Waals surface area contributed by atoms with Crippen LogP contribution in [0.1, 0.15) is 12.0 Å². The highest BCUT2D eigenvalue weighted by Crippen LogP contribution is 2.16. The number of hydrogen-bond acceptors (Lipinski definition) is 1. The van der Waals surface area contributed by atoms with E-state index in [1.165, 1.54) is 0 Å². The van der Waals surface area contributed by atoms with E-state index in [2.05, 4.69) is 31.9 Å². The zero-order valence-electron chi connectivity index (χ0n) is 7.00. The molecule has 1 N–H and O–H groups in total. The molecule has 0 saturated carbocycles. The van der Waals surface area contributed by atoms with Gasteiger partial charge in [-0.3, -0.25) is 0 Å². The van der Waals surface area contributed by atoms with Crippen LogP contribution in [0.15, 0.2) is 33.7 Å². The zero-order valence-corrected chi connectivity index (χ0v) is 10.2. The minimum absolute atomic E-state index is 0.333. The SMILES string of the molecule is Oc1cccc(CCC=C(Br)Br)c1. The van der Waals surface area contributed by atoms with Crippen LogP contribution >= 0.6 is 31.9 Å². The van der Waals surface area contributed by atoms with Gasteiger partial charge in [-0.15, -0.1) is 0 Å². The summed E-state index contributed by atoms with van der Waals surface area (Å²) in [5, 5.41) is 9.19. The Morgan fingerprint density at radius 1 is 1.38 bits per heavy atom. The van der Waals surface area contributed by atoms with Gasteiger partial charge in [-0.25, -0.2) is 0 Å². The molecule has 0 aromatic heterocycles. The Hall–Kier alpha value is -0.280. The molecule has 0 spiro atoms. The van der Waals surface area contributed by atoms with E-state index >= 15 is 0 Å². The van der Waals surface area contributed by atoms with Crippen molar-refractivity contribution in [2.24, 2.45) is 0 Å². The summed E-state index contributed by atoms with van der Waals surface area (Å²) in [5.74, 6) is 0.333. The molecule has 0 aliphatic heterocycles. The van der Waals surface area contributed by atoms with Crippen molar-refractivity contribution < 1.29 is 5.11 Å². The number of halogens is 2. The Labute approximate surface area is 94.7 Å². The largest absolute Gasteiger partial charge is 0.508 e. The first-order valence-electron chi connectivity index (χ1n) is 3.97. The third kappa shape index (κ3) is 4.48. The second-order valence-electron chi connectivity index (χ2n) is 2.70. The maximum Gasteiger partial charge on any atom is 0.115 e. The number of phenols is 1. The summed E-state index contributed by atoms with van der Waals surface area (Å²) in [5.41, 5.74) is 1.15. The number of rotatable bonds is 3. The van der Waals surface area contributed by atoms with E-state index in [1.807, 2.05) is 18.2 Å². The van der Waals surface area contributed by atoms with E-state index in [4.69, 9.17) is 0 Å². The molecule has 0 heterocycles. The van der Waals surface area contributed by atoms with Crippen LogP contribution in [0.5, 0.6) is 5.75 Å². The highest BCUT2D eigenvalue weighted by atomic mass is 79.9. The monoisotopic (exact) mass is 304 g/mol. The van der Waals surface area contributed by atoms with E-state index in [-0.39, 0.29) is 0 Å². The van der Waals surface area contributed by atoms with Crippen molar-refractivity contribution in [1.29, 1.82) is 0 Å². The van der Waals surface area contributed by atoms with Gasteiger partial charge in [0.2, 0.25) is 0 Å². The summed E-state index contributed by atoms with van der Waals surface area (Å²) < 4.78 is 0.972. The first-order chi connectivity index (χ1) is 6.18. The number of hydrogen-bond donors (Lipinski definition) is 1. The van der Waals surface area contributed by atoms with Crippen LogP contribution in [0, 0.1) is 0 Å². The molecular formula is C10H10Br2O. The summed E-state index contributed by atoms with van der Waals surface area (Å²) in [4.78, 5) is 0. The van der Waals surface area contributed by atoms with Crippen LogP contribution in [0.2, 0.25) is 0 Å². The van der Waals surface area contributed by atoms with Crippen LogP contribution in [0.25, 0.3) is 0 Å². The van der Waals surface area contributed by atoms with E-state index in [0.29, 0.717) is 5.75 Å². The average Bonchev–Trinajstić information content (AvgIpc) is 2.03. The number of benzene rings is 1. The van der Waals surface area contributed by atoms with Gasteiger partial charge >= 0.3 is 0 Å². The molecule has 13 heavy (non-hydrogen) atoms. The number of aromatic hydroxyl groups is 1. The van der Waals surface area contributed by atoms with Gasteiger partial charge in [-0.2, -0.15) is 0 Å². The average molecular weight is 306 g/mol. The maximum absolute atomic E-state index is 9.19. The Bertz CT molecular complexity index is 304. The smallest absolute Gasteiger partial charge is 0.115 e. The van der Waals surface area contributed by atoms with Crippen LogP contribution in [0.3, 0.4) is 0 Å². The zero-order chi connectivity index (χ0) is 9.68. The summed E-state index contributed by atoms with van der Waals surface area (Å²) in [6, 6.07) is 7.34. The van der Waals surface area contributed by atoms with Crippen molar-refractivity contribution in [2.75, 3.05) is 0 Å². The van der Waals surface area contributed by atoms with Crippen molar-refractivity contribution in [3.63, 3.8) is 0 Å². The van der Waals surface area contributed by atoms with Crippen molar-refractivity contribution in [1.82, 2.24) is 0 Å².